The van der Waals surface area contributed by atoms with Crippen LogP contribution in [0.25, 0.3) is 10.9 Å². The van der Waals surface area contributed by atoms with Gasteiger partial charge in [0.25, 0.3) is 5.69 Å². The molecule has 0 radical (unpaired) electrons. The fraction of sp³-hybridized carbons (Fsp3) is 0.471. The lowest BCUT2D eigenvalue weighted by molar-refractivity contribution is -0.384. The van der Waals surface area contributed by atoms with Gasteiger partial charge >= 0.3 is 0 Å². The van der Waals surface area contributed by atoms with Crippen LogP contribution in [-0.4, -0.2) is 35.6 Å². The molecule has 23 heavy (non-hydrogen) atoms. The highest BCUT2D eigenvalue weighted by Gasteiger charge is 2.33. The average Bonchev–Trinajstić information content (AvgIpc) is 3.01. The van der Waals surface area contributed by atoms with Crippen molar-refractivity contribution in [1.29, 1.82) is 0 Å². The van der Waals surface area contributed by atoms with Crippen molar-refractivity contribution in [1.82, 2.24) is 10.3 Å². The normalized spacial score (nSPS) is 24.0. The molecular weight excluding hydrogens is 292 g/mol. The SMILES string of the molecule is Cc1cc(N2CCC3NCCC3C2)c2cc([N+](=O)[O-])ccc2n1. The first-order chi connectivity index (χ1) is 11.1. The van der Waals surface area contributed by atoms with Crippen LogP contribution in [0.1, 0.15) is 18.5 Å². The van der Waals surface area contributed by atoms with Crippen LogP contribution in [0.2, 0.25) is 0 Å². The Morgan fingerprint density at radius 2 is 2.22 bits per heavy atom. The molecule has 2 aliphatic rings. The number of fused-ring (bicyclic) bond motifs is 2. The maximum Gasteiger partial charge on any atom is 0.270 e. The smallest absolute Gasteiger partial charge is 0.270 e. The molecule has 1 N–H and O–H groups in total. The summed E-state index contributed by atoms with van der Waals surface area (Å²) in [7, 11) is 0. The van der Waals surface area contributed by atoms with Crippen molar-refractivity contribution in [3.63, 3.8) is 0 Å². The van der Waals surface area contributed by atoms with Gasteiger partial charge in [-0.15, -0.1) is 0 Å². The Hall–Kier alpha value is -2.21. The number of rotatable bonds is 2. The number of aryl methyl sites for hydroxylation is 1. The third-order valence-electron chi connectivity index (χ3n) is 5.11. The Balaban J connectivity index is 1.78. The van der Waals surface area contributed by atoms with E-state index in [0.717, 1.165) is 48.3 Å². The molecule has 0 spiro atoms. The number of benzene rings is 1. The third-order valence-corrected chi connectivity index (χ3v) is 5.11. The Kier molecular flexibility index (Phi) is 3.41. The molecule has 2 unspecified atom stereocenters. The molecule has 2 atom stereocenters. The Morgan fingerprint density at radius 1 is 1.35 bits per heavy atom. The number of hydrogen-bond acceptors (Lipinski definition) is 5. The van der Waals surface area contributed by atoms with Crippen LogP contribution in [0.5, 0.6) is 0 Å². The molecule has 1 aromatic heterocycles. The lowest BCUT2D eigenvalue weighted by Crippen LogP contribution is -2.44. The van der Waals surface area contributed by atoms with Crippen molar-refractivity contribution < 1.29 is 4.92 Å². The standard InChI is InChI=1S/C17H20N4O2/c1-11-8-17(20-7-5-15-12(10-20)4-6-18-15)14-9-13(21(22)23)2-3-16(14)19-11/h2-3,8-9,12,15,18H,4-7,10H2,1H3. The number of nitro benzene ring substituents is 1. The van der Waals surface area contributed by atoms with E-state index in [4.69, 9.17) is 0 Å². The average molecular weight is 312 g/mol. The van der Waals surface area contributed by atoms with Gasteiger partial charge in [-0.05, 0) is 44.4 Å². The molecule has 0 amide bonds. The van der Waals surface area contributed by atoms with Crippen LogP contribution in [-0.2, 0) is 0 Å². The maximum absolute atomic E-state index is 11.1. The summed E-state index contributed by atoms with van der Waals surface area (Å²) >= 11 is 0. The minimum Gasteiger partial charge on any atom is -0.371 e. The predicted molar refractivity (Wildman–Crippen MR) is 89.9 cm³/mol. The fourth-order valence-electron chi connectivity index (χ4n) is 3.97. The predicted octanol–water partition coefficient (Wildman–Crippen LogP) is 2.64. The minimum absolute atomic E-state index is 0.127. The van der Waals surface area contributed by atoms with Crippen LogP contribution >= 0.6 is 0 Å². The summed E-state index contributed by atoms with van der Waals surface area (Å²) in [6.07, 6.45) is 2.34. The zero-order valence-corrected chi connectivity index (χ0v) is 13.2. The highest BCUT2D eigenvalue weighted by Crippen LogP contribution is 2.34. The van der Waals surface area contributed by atoms with Crippen LogP contribution in [0.4, 0.5) is 11.4 Å². The molecule has 3 heterocycles. The summed E-state index contributed by atoms with van der Waals surface area (Å²) in [5.41, 5.74) is 2.99. The van der Waals surface area contributed by atoms with Gasteiger partial charge in [-0.2, -0.15) is 0 Å². The molecule has 6 heteroatoms. The third kappa shape index (κ3) is 2.53. The van der Waals surface area contributed by atoms with Gasteiger partial charge in [0.2, 0.25) is 0 Å². The number of anilines is 1. The Bertz CT molecular complexity index is 777. The summed E-state index contributed by atoms with van der Waals surface area (Å²) in [6, 6.07) is 7.65. The van der Waals surface area contributed by atoms with Gasteiger partial charge in [0.05, 0.1) is 10.4 Å². The molecular formula is C17H20N4O2. The topological polar surface area (TPSA) is 71.3 Å². The lowest BCUT2D eigenvalue weighted by Gasteiger charge is -2.37. The first kappa shape index (κ1) is 14.4. The lowest BCUT2D eigenvalue weighted by atomic mass is 9.92. The van der Waals surface area contributed by atoms with E-state index in [9.17, 15) is 10.1 Å². The van der Waals surface area contributed by atoms with Crippen molar-refractivity contribution in [3.8, 4) is 0 Å². The van der Waals surface area contributed by atoms with Crippen LogP contribution in [0.3, 0.4) is 0 Å². The summed E-state index contributed by atoms with van der Waals surface area (Å²) < 4.78 is 0. The van der Waals surface area contributed by atoms with Gasteiger partial charge in [0.15, 0.2) is 0 Å². The highest BCUT2D eigenvalue weighted by atomic mass is 16.6. The molecule has 0 saturated carbocycles. The van der Waals surface area contributed by atoms with Crippen LogP contribution < -0.4 is 10.2 Å². The largest absolute Gasteiger partial charge is 0.371 e. The molecule has 2 aromatic rings. The Morgan fingerprint density at radius 3 is 3.04 bits per heavy atom. The summed E-state index contributed by atoms with van der Waals surface area (Å²) in [5.74, 6) is 0.672. The van der Waals surface area contributed by atoms with Crippen molar-refractivity contribution in [3.05, 3.63) is 40.1 Å². The van der Waals surface area contributed by atoms with E-state index in [1.165, 1.54) is 12.5 Å². The number of nitrogens with zero attached hydrogens (tertiary/aromatic N) is 3. The zero-order chi connectivity index (χ0) is 16.0. The number of hydrogen-bond donors (Lipinski definition) is 1. The van der Waals surface area contributed by atoms with Gasteiger partial charge in [-0.3, -0.25) is 15.1 Å². The second-order valence-electron chi connectivity index (χ2n) is 6.59. The van der Waals surface area contributed by atoms with Gasteiger partial charge in [-0.25, -0.2) is 0 Å². The first-order valence-corrected chi connectivity index (χ1v) is 8.16. The van der Waals surface area contributed by atoms with Gasteiger partial charge in [0, 0.05) is 48.0 Å². The minimum atomic E-state index is -0.337. The fourth-order valence-corrected chi connectivity index (χ4v) is 3.97. The van der Waals surface area contributed by atoms with Gasteiger partial charge < -0.3 is 10.2 Å². The van der Waals surface area contributed by atoms with Gasteiger partial charge in [0.1, 0.15) is 0 Å². The highest BCUT2D eigenvalue weighted by molar-refractivity contribution is 5.93. The van der Waals surface area contributed by atoms with E-state index in [-0.39, 0.29) is 10.6 Å². The zero-order valence-electron chi connectivity index (χ0n) is 13.2. The van der Waals surface area contributed by atoms with Gasteiger partial charge in [-0.1, -0.05) is 0 Å². The molecule has 120 valence electrons. The molecule has 2 fully saturated rings. The number of piperidine rings is 1. The number of pyridine rings is 1. The molecule has 2 saturated heterocycles. The van der Waals surface area contributed by atoms with E-state index in [1.807, 2.05) is 6.92 Å². The summed E-state index contributed by atoms with van der Waals surface area (Å²) in [4.78, 5) is 17.7. The maximum atomic E-state index is 11.1. The molecule has 0 aliphatic carbocycles. The molecule has 2 aliphatic heterocycles. The monoisotopic (exact) mass is 312 g/mol. The van der Waals surface area contributed by atoms with Crippen LogP contribution in [0, 0.1) is 23.0 Å². The molecule has 4 rings (SSSR count). The van der Waals surface area contributed by atoms with E-state index in [1.54, 1.807) is 12.1 Å². The van der Waals surface area contributed by atoms with Crippen molar-refractivity contribution in [2.75, 3.05) is 24.5 Å². The summed E-state index contributed by atoms with van der Waals surface area (Å²) in [5, 5.41) is 15.6. The van der Waals surface area contributed by atoms with E-state index < -0.39 is 0 Å². The number of aromatic nitrogens is 1. The van der Waals surface area contributed by atoms with Crippen LogP contribution in [0.15, 0.2) is 24.3 Å². The second kappa shape index (κ2) is 5.45. The van der Waals surface area contributed by atoms with E-state index in [2.05, 4.69) is 21.3 Å². The van der Waals surface area contributed by atoms with Crippen molar-refractivity contribution >= 4 is 22.3 Å². The second-order valence-corrected chi connectivity index (χ2v) is 6.59. The summed E-state index contributed by atoms with van der Waals surface area (Å²) in [6.45, 7) is 5.08. The number of non-ortho nitro benzene ring substituents is 1. The van der Waals surface area contributed by atoms with Crippen molar-refractivity contribution in [2.24, 2.45) is 5.92 Å². The van der Waals surface area contributed by atoms with Crippen molar-refractivity contribution in [2.45, 2.75) is 25.8 Å². The number of nitro groups is 1. The molecule has 6 nitrogen and oxygen atoms in total. The molecule has 1 aromatic carbocycles. The first-order valence-electron chi connectivity index (χ1n) is 8.16. The van der Waals surface area contributed by atoms with E-state index in [0.29, 0.717) is 12.0 Å². The van der Waals surface area contributed by atoms with E-state index >= 15 is 0 Å². The quantitative estimate of drug-likeness (QED) is 0.682. The number of nitrogens with one attached hydrogen (secondary N) is 1. The molecule has 0 bridgehead atoms. The Labute approximate surface area is 134 Å².